The van der Waals surface area contributed by atoms with E-state index < -0.39 is 11.0 Å². The molecule has 1 saturated heterocycles. The van der Waals surface area contributed by atoms with Crippen molar-refractivity contribution in [2.45, 2.75) is 12.8 Å². The first-order chi connectivity index (χ1) is 9.66. The van der Waals surface area contributed by atoms with Crippen LogP contribution in [-0.4, -0.2) is 42.0 Å². The number of rotatable bonds is 5. The van der Waals surface area contributed by atoms with Crippen molar-refractivity contribution in [1.82, 2.24) is 10.2 Å². The number of nitrogens with one attached hydrogen (secondary N) is 2. The van der Waals surface area contributed by atoms with Gasteiger partial charge in [0.2, 0.25) is 0 Å². The lowest BCUT2D eigenvalue weighted by Crippen LogP contribution is -2.36. The van der Waals surface area contributed by atoms with Gasteiger partial charge in [-0.25, -0.2) is 4.79 Å². The minimum absolute atomic E-state index is 0.109. The number of nitro benzene ring substituents is 1. The zero-order chi connectivity index (χ0) is 14.4. The van der Waals surface area contributed by atoms with Gasteiger partial charge in [-0.05, 0) is 32.0 Å². The molecule has 2 amide bonds. The summed E-state index contributed by atoms with van der Waals surface area (Å²) in [5, 5.41) is 16.0. The van der Waals surface area contributed by atoms with Gasteiger partial charge in [-0.2, -0.15) is 0 Å². The standard InChI is InChI=1S/C13H18N4O3/c18-13(14-7-10-16-8-3-4-9-16)15-11-5-1-2-6-12(11)17(19)20/h1-2,5-6H,3-4,7-10H2,(H2,14,15,18). The third-order valence-corrected chi connectivity index (χ3v) is 3.26. The summed E-state index contributed by atoms with van der Waals surface area (Å²) >= 11 is 0. The van der Waals surface area contributed by atoms with Crippen LogP contribution in [0.15, 0.2) is 24.3 Å². The molecule has 2 N–H and O–H groups in total. The predicted octanol–water partition coefficient (Wildman–Crippen LogP) is 1.81. The number of carbonyl (C=O) groups is 1. The Labute approximate surface area is 117 Å². The first kappa shape index (κ1) is 14.3. The van der Waals surface area contributed by atoms with E-state index in [1.54, 1.807) is 12.1 Å². The molecule has 0 radical (unpaired) electrons. The molecule has 0 atom stereocenters. The molecule has 20 heavy (non-hydrogen) atoms. The lowest BCUT2D eigenvalue weighted by Gasteiger charge is -2.15. The maximum atomic E-state index is 11.7. The molecule has 1 aliphatic heterocycles. The van der Waals surface area contributed by atoms with Gasteiger partial charge in [-0.1, -0.05) is 12.1 Å². The number of likely N-dealkylation sites (tertiary alicyclic amines) is 1. The average molecular weight is 278 g/mol. The van der Waals surface area contributed by atoms with Gasteiger partial charge in [0.25, 0.3) is 5.69 Å². The second kappa shape index (κ2) is 6.85. The summed E-state index contributed by atoms with van der Waals surface area (Å²) in [7, 11) is 0. The normalized spacial score (nSPS) is 15.0. The van der Waals surface area contributed by atoms with E-state index >= 15 is 0 Å². The summed E-state index contributed by atoms with van der Waals surface area (Å²) in [5.74, 6) is 0. The van der Waals surface area contributed by atoms with Crippen LogP contribution in [0, 0.1) is 10.1 Å². The molecule has 1 fully saturated rings. The summed E-state index contributed by atoms with van der Waals surface area (Å²) in [6, 6.07) is 5.66. The molecule has 7 nitrogen and oxygen atoms in total. The van der Waals surface area contributed by atoms with Gasteiger partial charge in [-0.3, -0.25) is 10.1 Å². The van der Waals surface area contributed by atoms with Crippen LogP contribution in [0.4, 0.5) is 16.2 Å². The summed E-state index contributed by atoms with van der Waals surface area (Å²) in [6.45, 7) is 3.50. The lowest BCUT2D eigenvalue weighted by atomic mass is 10.3. The number of anilines is 1. The molecule has 0 saturated carbocycles. The number of carbonyl (C=O) groups excluding carboxylic acids is 1. The highest BCUT2D eigenvalue weighted by molar-refractivity contribution is 5.91. The maximum Gasteiger partial charge on any atom is 0.319 e. The van der Waals surface area contributed by atoms with Crippen LogP contribution in [0.5, 0.6) is 0 Å². The Bertz CT molecular complexity index is 486. The maximum absolute atomic E-state index is 11.7. The van der Waals surface area contributed by atoms with E-state index in [4.69, 9.17) is 0 Å². The number of nitro groups is 1. The third kappa shape index (κ3) is 3.92. The van der Waals surface area contributed by atoms with Gasteiger partial charge >= 0.3 is 6.03 Å². The van der Waals surface area contributed by atoms with Crippen molar-refractivity contribution >= 4 is 17.4 Å². The molecule has 7 heteroatoms. The highest BCUT2D eigenvalue weighted by Gasteiger charge is 2.15. The Balaban J connectivity index is 1.80. The molecular weight excluding hydrogens is 260 g/mol. The minimum Gasteiger partial charge on any atom is -0.337 e. The van der Waals surface area contributed by atoms with E-state index in [2.05, 4.69) is 15.5 Å². The molecule has 2 rings (SSSR count). The van der Waals surface area contributed by atoms with E-state index in [-0.39, 0.29) is 11.4 Å². The Morgan fingerprint density at radius 2 is 2.00 bits per heavy atom. The van der Waals surface area contributed by atoms with Crippen molar-refractivity contribution in [1.29, 1.82) is 0 Å². The topological polar surface area (TPSA) is 87.5 Å². The minimum atomic E-state index is -0.514. The highest BCUT2D eigenvalue weighted by atomic mass is 16.6. The van der Waals surface area contributed by atoms with Crippen LogP contribution in [0.25, 0.3) is 0 Å². The van der Waals surface area contributed by atoms with Crippen molar-refractivity contribution in [3.8, 4) is 0 Å². The molecule has 0 unspecified atom stereocenters. The Hall–Kier alpha value is -2.15. The van der Waals surface area contributed by atoms with Crippen LogP contribution >= 0.6 is 0 Å². The summed E-state index contributed by atoms with van der Waals surface area (Å²) in [6.07, 6.45) is 2.42. The van der Waals surface area contributed by atoms with E-state index in [1.807, 2.05) is 0 Å². The number of urea groups is 1. The second-order valence-corrected chi connectivity index (χ2v) is 4.70. The number of para-hydroxylation sites is 2. The monoisotopic (exact) mass is 278 g/mol. The highest BCUT2D eigenvalue weighted by Crippen LogP contribution is 2.22. The summed E-state index contributed by atoms with van der Waals surface area (Å²) in [5.41, 5.74) is 0.0957. The zero-order valence-electron chi connectivity index (χ0n) is 11.2. The fourth-order valence-electron chi connectivity index (χ4n) is 2.24. The van der Waals surface area contributed by atoms with Gasteiger partial charge < -0.3 is 15.5 Å². The molecule has 1 aromatic carbocycles. The van der Waals surface area contributed by atoms with Crippen molar-refractivity contribution in [2.24, 2.45) is 0 Å². The van der Waals surface area contributed by atoms with Crippen molar-refractivity contribution in [3.63, 3.8) is 0 Å². The van der Waals surface area contributed by atoms with E-state index in [0.29, 0.717) is 6.54 Å². The van der Waals surface area contributed by atoms with Crippen LogP contribution < -0.4 is 10.6 Å². The van der Waals surface area contributed by atoms with Crippen molar-refractivity contribution in [3.05, 3.63) is 34.4 Å². The van der Waals surface area contributed by atoms with Gasteiger partial charge in [0.1, 0.15) is 5.69 Å². The van der Waals surface area contributed by atoms with Gasteiger partial charge in [-0.15, -0.1) is 0 Å². The van der Waals surface area contributed by atoms with E-state index in [1.165, 1.54) is 25.0 Å². The zero-order valence-corrected chi connectivity index (χ0v) is 11.2. The lowest BCUT2D eigenvalue weighted by molar-refractivity contribution is -0.383. The molecule has 0 spiro atoms. The Morgan fingerprint density at radius 1 is 1.30 bits per heavy atom. The largest absolute Gasteiger partial charge is 0.337 e. The molecule has 0 bridgehead atoms. The molecular formula is C13H18N4O3. The fourth-order valence-corrected chi connectivity index (χ4v) is 2.24. The predicted molar refractivity (Wildman–Crippen MR) is 75.8 cm³/mol. The quantitative estimate of drug-likeness (QED) is 0.635. The van der Waals surface area contributed by atoms with Crippen molar-refractivity contribution in [2.75, 3.05) is 31.5 Å². The van der Waals surface area contributed by atoms with Crippen LogP contribution in [0.2, 0.25) is 0 Å². The number of hydrogen-bond acceptors (Lipinski definition) is 4. The summed E-state index contributed by atoms with van der Waals surface area (Å²) < 4.78 is 0. The number of nitrogens with zero attached hydrogens (tertiary/aromatic N) is 2. The second-order valence-electron chi connectivity index (χ2n) is 4.70. The molecule has 1 aromatic rings. The van der Waals surface area contributed by atoms with Crippen molar-refractivity contribution < 1.29 is 9.72 Å². The molecule has 1 heterocycles. The first-order valence-corrected chi connectivity index (χ1v) is 6.67. The van der Waals surface area contributed by atoms with E-state index in [0.717, 1.165) is 19.6 Å². The fraction of sp³-hybridized carbons (Fsp3) is 0.462. The molecule has 108 valence electrons. The number of hydrogen-bond donors (Lipinski definition) is 2. The average Bonchev–Trinajstić information content (AvgIpc) is 2.92. The first-order valence-electron chi connectivity index (χ1n) is 6.67. The van der Waals surface area contributed by atoms with Crippen LogP contribution in [0.1, 0.15) is 12.8 Å². The van der Waals surface area contributed by atoms with Gasteiger partial charge in [0.05, 0.1) is 4.92 Å². The van der Waals surface area contributed by atoms with Gasteiger partial charge in [0, 0.05) is 19.2 Å². The Kier molecular flexibility index (Phi) is 4.89. The molecule has 1 aliphatic rings. The smallest absolute Gasteiger partial charge is 0.319 e. The third-order valence-electron chi connectivity index (χ3n) is 3.26. The molecule has 0 aliphatic carbocycles. The SMILES string of the molecule is O=C(NCCN1CCCC1)Nc1ccccc1[N+](=O)[O-]. The number of benzene rings is 1. The molecule has 0 aromatic heterocycles. The number of amides is 2. The summed E-state index contributed by atoms with van der Waals surface area (Å²) in [4.78, 5) is 24.3. The van der Waals surface area contributed by atoms with Gasteiger partial charge in [0.15, 0.2) is 0 Å². The Morgan fingerprint density at radius 3 is 2.70 bits per heavy atom. The van der Waals surface area contributed by atoms with Crippen LogP contribution in [-0.2, 0) is 0 Å². The van der Waals surface area contributed by atoms with Crippen LogP contribution in [0.3, 0.4) is 0 Å². The van der Waals surface area contributed by atoms with E-state index in [9.17, 15) is 14.9 Å².